The first-order valence-electron chi connectivity index (χ1n) is 13.5. The van der Waals surface area contributed by atoms with Crippen molar-refractivity contribution in [1.82, 2.24) is 10.7 Å². The molecule has 0 radical (unpaired) electrons. The molecule has 0 aliphatic carbocycles. The van der Waals surface area contributed by atoms with Gasteiger partial charge in [-0.1, -0.05) is 109 Å². The summed E-state index contributed by atoms with van der Waals surface area (Å²) in [6.45, 7) is 21.1. The summed E-state index contributed by atoms with van der Waals surface area (Å²) in [6.07, 6.45) is 10.0. The van der Waals surface area contributed by atoms with E-state index in [0.717, 1.165) is 29.8 Å². The molecule has 1 aliphatic heterocycles. The van der Waals surface area contributed by atoms with E-state index in [1.54, 1.807) is 0 Å². The minimum absolute atomic E-state index is 0.0913. The van der Waals surface area contributed by atoms with Gasteiger partial charge in [0.15, 0.2) is 5.84 Å². The molecule has 4 N–H and O–H groups in total. The fourth-order valence-electron chi connectivity index (χ4n) is 2.84. The van der Waals surface area contributed by atoms with E-state index in [0.29, 0.717) is 12.3 Å². The number of amides is 1. The van der Waals surface area contributed by atoms with Crippen LogP contribution in [0.15, 0.2) is 58.3 Å². The SMILES string of the molecule is CC.CC/C=C\C=C1/CC(C)=NNC1=O.CCCCNCC.CO/N=C(\N)c1ccc(C(C)(C)C)cc1. The van der Waals surface area contributed by atoms with Crippen LogP contribution >= 0.6 is 0 Å². The molecule has 1 heterocycles. The summed E-state index contributed by atoms with van der Waals surface area (Å²) < 4.78 is 0. The molecular formula is C30H53N5O2. The van der Waals surface area contributed by atoms with Gasteiger partial charge in [0.2, 0.25) is 0 Å². The van der Waals surface area contributed by atoms with Crippen molar-refractivity contribution in [3.05, 3.63) is 59.2 Å². The van der Waals surface area contributed by atoms with Gasteiger partial charge in [-0.3, -0.25) is 4.79 Å². The van der Waals surface area contributed by atoms with Crippen molar-refractivity contribution >= 4 is 17.5 Å². The third-order valence-electron chi connectivity index (χ3n) is 4.95. The molecule has 0 bridgehead atoms. The van der Waals surface area contributed by atoms with Crippen molar-refractivity contribution in [3.8, 4) is 0 Å². The Hall–Kier alpha value is -2.93. The second kappa shape index (κ2) is 22.3. The maximum atomic E-state index is 11.2. The summed E-state index contributed by atoms with van der Waals surface area (Å²) in [5.41, 5.74) is 12.2. The van der Waals surface area contributed by atoms with Gasteiger partial charge in [-0.15, -0.1) is 0 Å². The van der Waals surface area contributed by atoms with Gasteiger partial charge in [-0.25, -0.2) is 5.43 Å². The van der Waals surface area contributed by atoms with E-state index in [1.165, 1.54) is 32.1 Å². The molecule has 2 rings (SSSR count). The van der Waals surface area contributed by atoms with Gasteiger partial charge in [0.25, 0.3) is 5.91 Å². The number of unbranched alkanes of at least 4 members (excludes halogenated alkanes) is 1. The normalized spacial score (nSPS) is 14.3. The third kappa shape index (κ3) is 18.0. The van der Waals surface area contributed by atoms with E-state index in [-0.39, 0.29) is 11.3 Å². The van der Waals surface area contributed by atoms with Crippen LogP contribution in [-0.2, 0) is 15.0 Å². The molecular weight excluding hydrogens is 462 g/mol. The largest absolute Gasteiger partial charge is 0.397 e. The second-order valence-electron chi connectivity index (χ2n) is 9.19. The number of oxime groups is 1. The average molecular weight is 516 g/mol. The van der Waals surface area contributed by atoms with Crippen molar-refractivity contribution in [2.45, 2.75) is 93.4 Å². The standard InChI is InChI=1S/C12H18N2O.C10H14N2O.C6H15N.C2H6/c1-12(2,3)10-7-5-9(6-8-10)11(13)14-15-4;1-3-4-5-6-9-7-8(2)11-12-10(9)13;1-3-5-6-7-4-2;1-2/h5-8H,1-4H3,(H2,13,14);4-6H,3,7H2,1-2H3,(H,12,13);7H,3-6H2,1-2H3;1-2H3/b;5-4-,9-6+;;. The molecule has 0 saturated heterocycles. The predicted octanol–water partition coefficient (Wildman–Crippen LogP) is 6.45. The molecule has 0 aromatic heterocycles. The van der Waals surface area contributed by atoms with Crippen molar-refractivity contribution in [1.29, 1.82) is 0 Å². The lowest BCUT2D eigenvalue weighted by Crippen LogP contribution is -2.26. The fraction of sp³-hybridized carbons (Fsp3) is 0.567. The maximum absolute atomic E-state index is 11.2. The van der Waals surface area contributed by atoms with Crippen LogP contribution in [0.25, 0.3) is 0 Å². The van der Waals surface area contributed by atoms with Gasteiger partial charge < -0.3 is 15.9 Å². The number of allylic oxidation sites excluding steroid dienone is 3. The number of amidine groups is 1. The van der Waals surface area contributed by atoms with Gasteiger partial charge in [0, 0.05) is 23.3 Å². The third-order valence-corrected chi connectivity index (χ3v) is 4.95. The van der Waals surface area contributed by atoms with Crippen LogP contribution in [0, 0.1) is 0 Å². The summed E-state index contributed by atoms with van der Waals surface area (Å²) in [5.74, 6) is 0.310. The van der Waals surface area contributed by atoms with Crippen LogP contribution < -0.4 is 16.5 Å². The highest BCUT2D eigenvalue weighted by atomic mass is 16.6. The van der Waals surface area contributed by atoms with E-state index >= 15 is 0 Å². The summed E-state index contributed by atoms with van der Waals surface area (Å²) in [4.78, 5) is 15.8. The zero-order valence-electron chi connectivity index (χ0n) is 25.1. The van der Waals surface area contributed by atoms with E-state index < -0.39 is 0 Å². The molecule has 0 saturated carbocycles. The Morgan fingerprint density at radius 2 is 1.81 bits per heavy atom. The maximum Gasteiger partial charge on any atom is 0.267 e. The Labute approximate surface area is 226 Å². The second-order valence-corrected chi connectivity index (χ2v) is 9.19. The van der Waals surface area contributed by atoms with Crippen LogP contribution in [0.1, 0.15) is 99.1 Å². The van der Waals surface area contributed by atoms with Crippen LogP contribution in [0.2, 0.25) is 0 Å². The molecule has 7 nitrogen and oxygen atoms in total. The molecule has 0 fully saturated rings. The first-order chi connectivity index (χ1) is 17.6. The number of benzene rings is 1. The molecule has 0 unspecified atom stereocenters. The van der Waals surface area contributed by atoms with Crippen LogP contribution in [-0.4, -0.2) is 37.7 Å². The number of hydrazone groups is 1. The number of hydrogen-bond donors (Lipinski definition) is 3. The molecule has 1 aliphatic rings. The highest BCUT2D eigenvalue weighted by Gasteiger charge is 2.14. The van der Waals surface area contributed by atoms with E-state index in [1.807, 2.05) is 51.1 Å². The quantitative estimate of drug-likeness (QED) is 0.122. The molecule has 1 aromatic rings. The Balaban J connectivity index is 0. The fourth-order valence-corrected chi connectivity index (χ4v) is 2.84. The number of carbonyl (C=O) groups excluding carboxylic acids is 1. The highest BCUT2D eigenvalue weighted by Crippen LogP contribution is 2.22. The van der Waals surface area contributed by atoms with Gasteiger partial charge >= 0.3 is 0 Å². The van der Waals surface area contributed by atoms with Gasteiger partial charge in [0.1, 0.15) is 7.11 Å². The monoisotopic (exact) mass is 515 g/mol. The van der Waals surface area contributed by atoms with Gasteiger partial charge in [-0.2, -0.15) is 5.10 Å². The van der Waals surface area contributed by atoms with Crippen LogP contribution in [0.3, 0.4) is 0 Å². The van der Waals surface area contributed by atoms with E-state index in [9.17, 15) is 4.79 Å². The first kappa shape index (κ1) is 36.2. The van der Waals surface area contributed by atoms with Crippen molar-refractivity contribution in [2.75, 3.05) is 20.2 Å². The first-order valence-corrected chi connectivity index (χ1v) is 13.5. The van der Waals surface area contributed by atoms with Crippen molar-refractivity contribution in [3.63, 3.8) is 0 Å². The minimum Gasteiger partial charge on any atom is -0.397 e. The molecule has 0 spiro atoms. The molecule has 37 heavy (non-hydrogen) atoms. The summed E-state index contributed by atoms with van der Waals surface area (Å²) >= 11 is 0. The number of carbonyl (C=O) groups is 1. The Morgan fingerprint density at radius 3 is 2.30 bits per heavy atom. The van der Waals surface area contributed by atoms with E-state index in [2.05, 4.69) is 79.5 Å². The number of nitrogens with zero attached hydrogens (tertiary/aromatic N) is 2. The highest BCUT2D eigenvalue weighted by molar-refractivity contribution is 6.03. The lowest BCUT2D eigenvalue weighted by atomic mass is 9.87. The van der Waals surface area contributed by atoms with E-state index in [4.69, 9.17) is 5.73 Å². The molecule has 7 heteroatoms. The van der Waals surface area contributed by atoms with Crippen LogP contribution in [0.5, 0.6) is 0 Å². The topological polar surface area (TPSA) is 101 Å². The lowest BCUT2D eigenvalue weighted by molar-refractivity contribution is -0.117. The zero-order chi connectivity index (χ0) is 28.7. The van der Waals surface area contributed by atoms with Crippen molar-refractivity contribution < 1.29 is 9.63 Å². The van der Waals surface area contributed by atoms with Crippen LogP contribution in [0.4, 0.5) is 0 Å². The average Bonchev–Trinajstić information content (AvgIpc) is 2.88. The number of rotatable bonds is 8. The minimum atomic E-state index is -0.0913. The van der Waals surface area contributed by atoms with Gasteiger partial charge in [-0.05, 0) is 43.8 Å². The number of hydrogen-bond acceptors (Lipinski definition) is 5. The van der Waals surface area contributed by atoms with Crippen molar-refractivity contribution in [2.24, 2.45) is 16.0 Å². The lowest BCUT2D eigenvalue weighted by Gasteiger charge is -2.18. The summed E-state index contributed by atoms with van der Waals surface area (Å²) in [5, 5.41) is 10.8. The smallest absolute Gasteiger partial charge is 0.267 e. The van der Waals surface area contributed by atoms with Gasteiger partial charge in [0.05, 0.1) is 0 Å². The zero-order valence-corrected chi connectivity index (χ0v) is 25.1. The Bertz CT molecular complexity index is 844. The number of nitrogens with two attached hydrogens (primary N) is 1. The molecule has 1 amide bonds. The Kier molecular flexibility index (Phi) is 21.8. The predicted molar refractivity (Wildman–Crippen MR) is 161 cm³/mol. The number of nitrogens with one attached hydrogen (secondary N) is 2. The summed E-state index contributed by atoms with van der Waals surface area (Å²) in [7, 11) is 1.48. The molecule has 1 aromatic carbocycles. The molecule has 0 atom stereocenters. The summed E-state index contributed by atoms with van der Waals surface area (Å²) in [6, 6.07) is 8.04. The molecule has 210 valence electrons. The Morgan fingerprint density at radius 1 is 1.19 bits per heavy atom.